The summed E-state index contributed by atoms with van der Waals surface area (Å²) in [5.74, 6) is -0.454. The number of aromatic hydroxyl groups is 1. The van der Waals surface area contributed by atoms with Crippen LogP contribution in [-0.4, -0.2) is 34.4 Å². The van der Waals surface area contributed by atoms with Crippen LogP contribution in [0, 0.1) is 6.92 Å². The molecule has 1 fully saturated rings. The van der Waals surface area contributed by atoms with Crippen LogP contribution in [0.3, 0.4) is 0 Å². The molecule has 1 atom stereocenters. The Morgan fingerprint density at radius 2 is 2.12 bits per heavy atom. The summed E-state index contributed by atoms with van der Waals surface area (Å²) in [7, 11) is 0. The minimum Gasteiger partial charge on any atom is -0.506 e. The summed E-state index contributed by atoms with van der Waals surface area (Å²) in [6.07, 6.45) is 1.37. The van der Waals surface area contributed by atoms with Crippen molar-refractivity contribution in [2.75, 3.05) is 11.9 Å². The average Bonchev–Trinajstić information content (AvgIpc) is 3.18. The van der Waals surface area contributed by atoms with Gasteiger partial charge in [0.05, 0.1) is 14.9 Å². The standard InChI is InChI=1S/C17H17ClN2O3S/c1-10-4-5-11(13(21)9-10)19-16(22)12-3-2-8-20(12)17(23)14-6-7-15(18)24-14/h4-7,9,12,21H,2-3,8H2,1H3,(H,19,22). The van der Waals surface area contributed by atoms with Gasteiger partial charge in [-0.15, -0.1) is 11.3 Å². The van der Waals surface area contributed by atoms with Gasteiger partial charge in [-0.25, -0.2) is 0 Å². The Morgan fingerprint density at radius 3 is 2.79 bits per heavy atom. The maximum atomic E-state index is 12.6. The summed E-state index contributed by atoms with van der Waals surface area (Å²) >= 11 is 7.10. The van der Waals surface area contributed by atoms with Gasteiger partial charge in [-0.05, 0) is 49.6 Å². The summed E-state index contributed by atoms with van der Waals surface area (Å²) < 4.78 is 0.545. The van der Waals surface area contributed by atoms with E-state index in [1.807, 2.05) is 6.92 Å². The van der Waals surface area contributed by atoms with Gasteiger partial charge in [-0.1, -0.05) is 17.7 Å². The van der Waals surface area contributed by atoms with E-state index in [4.69, 9.17) is 11.6 Å². The molecule has 3 rings (SSSR count). The molecule has 2 heterocycles. The summed E-state index contributed by atoms with van der Waals surface area (Å²) in [4.78, 5) is 27.2. The Morgan fingerprint density at radius 1 is 1.33 bits per heavy atom. The lowest BCUT2D eigenvalue weighted by Gasteiger charge is -2.23. The minimum absolute atomic E-state index is 0.0178. The molecule has 126 valence electrons. The van der Waals surface area contributed by atoms with Crippen molar-refractivity contribution in [3.05, 3.63) is 45.1 Å². The van der Waals surface area contributed by atoms with Gasteiger partial charge in [0.1, 0.15) is 11.8 Å². The summed E-state index contributed by atoms with van der Waals surface area (Å²) in [5, 5.41) is 12.6. The second-order valence-electron chi connectivity index (χ2n) is 5.77. The van der Waals surface area contributed by atoms with Gasteiger partial charge < -0.3 is 15.3 Å². The molecular formula is C17H17ClN2O3S. The highest BCUT2D eigenvalue weighted by Gasteiger charge is 2.35. The number of anilines is 1. The van der Waals surface area contributed by atoms with Crippen molar-refractivity contribution in [3.8, 4) is 5.75 Å². The molecule has 2 N–H and O–H groups in total. The number of hydrogen-bond acceptors (Lipinski definition) is 4. The van der Waals surface area contributed by atoms with Gasteiger partial charge >= 0.3 is 0 Å². The number of phenols is 1. The molecule has 2 aromatic rings. The van der Waals surface area contributed by atoms with E-state index in [1.54, 1.807) is 35.2 Å². The molecule has 7 heteroatoms. The number of nitrogens with one attached hydrogen (secondary N) is 1. The maximum absolute atomic E-state index is 12.6. The normalized spacial score (nSPS) is 17.1. The fourth-order valence-corrected chi connectivity index (χ4v) is 3.82. The number of likely N-dealkylation sites (tertiary alicyclic amines) is 1. The largest absolute Gasteiger partial charge is 0.506 e. The zero-order valence-corrected chi connectivity index (χ0v) is 14.7. The Balaban J connectivity index is 1.75. The summed E-state index contributed by atoms with van der Waals surface area (Å²) in [6.45, 7) is 2.39. The zero-order chi connectivity index (χ0) is 17.3. The molecule has 1 aliphatic heterocycles. The SMILES string of the molecule is Cc1ccc(NC(=O)C2CCCN2C(=O)c2ccc(Cl)s2)c(O)c1. The van der Waals surface area contributed by atoms with E-state index in [9.17, 15) is 14.7 Å². The van der Waals surface area contributed by atoms with E-state index in [0.717, 1.165) is 12.0 Å². The number of phenolic OH excluding ortho intramolecular Hbond substituents is 1. The van der Waals surface area contributed by atoms with Gasteiger partial charge in [-0.3, -0.25) is 9.59 Å². The number of nitrogens with zero attached hydrogens (tertiary/aromatic N) is 1. The van der Waals surface area contributed by atoms with Crippen molar-refractivity contribution in [1.29, 1.82) is 0 Å². The maximum Gasteiger partial charge on any atom is 0.264 e. The van der Waals surface area contributed by atoms with Gasteiger partial charge in [0.15, 0.2) is 0 Å². The molecule has 0 spiro atoms. The van der Waals surface area contributed by atoms with Crippen LogP contribution in [0.15, 0.2) is 30.3 Å². The van der Waals surface area contributed by atoms with Gasteiger partial charge in [0.25, 0.3) is 5.91 Å². The summed E-state index contributed by atoms with van der Waals surface area (Å²) in [6, 6.07) is 7.85. The van der Waals surface area contributed by atoms with Gasteiger partial charge in [0, 0.05) is 6.54 Å². The quantitative estimate of drug-likeness (QED) is 0.816. The average molecular weight is 365 g/mol. The van der Waals surface area contributed by atoms with Crippen LogP contribution in [0.2, 0.25) is 4.34 Å². The van der Waals surface area contributed by atoms with E-state index < -0.39 is 6.04 Å². The second-order valence-corrected chi connectivity index (χ2v) is 7.49. The number of aryl methyl sites for hydroxylation is 1. The minimum atomic E-state index is -0.543. The van der Waals surface area contributed by atoms with Crippen molar-refractivity contribution >= 4 is 40.4 Å². The molecule has 1 aromatic carbocycles. The molecule has 1 aliphatic rings. The molecule has 2 amide bonds. The first-order valence-corrected chi connectivity index (χ1v) is 8.82. The lowest BCUT2D eigenvalue weighted by molar-refractivity contribution is -0.119. The van der Waals surface area contributed by atoms with Gasteiger partial charge in [-0.2, -0.15) is 0 Å². The van der Waals surface area contributed by atoms with E-state index in [0.29, 0.717) is 27.9 Å². The van der Waals surface area contributed by atoms with Crippen LogP contribution in [0.1, 0.15) is 28.1 Å². The van der Waals surface area contributed by atoms with Crippen molar-refractivity contribution in [2.45, 2.75) is 25.8 Å². The Bertz CT molecular complexity index is 790. The van der Waals surface area contributed by atoms with E-state index in [1.165, 1.54) is 11.3 Å². The monoisotopic (exact) mass is 364 g/mol. The Kier molecular flexibility index (Phi) is 4.78. The predicted molar refractivity (Wildman–Crippen MR) is 94.9 cm³/mol. The fourth-order valence-electron chi connectivity index (χ4n) is 2.82. The first kappa shape index (κ1) is 16.8. The number of amides is 2. The van der Waals surface area contributed by atoms with Crippen molar-refractivity contribution < 1.29 is 14.7 Å². The number of rotatable bonds is 3. The topological polar surface area (TPSA) is 69.6 Å². The smallest absolute Gasteiger partial charge is 0.264 e. The van der Waals surface area contributed by atoms with E-state index in [2.05, 4.69) is 5.32 Å². The molecule has 1 unspecified atom stereocenters. The number of halogens is 1. The van der Waals surface area contributed by atoms with Crippen molar-refractivity contribution in [1.82, 2.24) is 4.90 Å². The number of thiophene rings is 1. The lowest BCUT2D eigenvalue weighted by Crippen LogP contribution is -2.42. The number of carbonyl (C=O) groups is 2. The summed E-state index contributed by atoms with van der Waals surface area (Å²) in [5.41, 5.74) is 1.25. The van der Waals surface area contributed by atoms with Crippen molar-refractivity contribution in [2.24, 2.45) is 0 Å². The molecule has 1 saturated heterocycles. The molecule has 0 saturated carbocycles. The highest BCUT2D eigenvalue weighted by atomic mass is 35.5. The Hall–Kier alpha value is -2.05. The fraction of sp³-hybridized carbons (Fsp3) is 0.294. The third-order valence-corrected chi connectivity index (χ3v) is 5.23. The predicted octanol–water partition coefficient (Wildman–Crippen LogP) is 3.66. The molecule has 24 heavy (non-hydrogen) atoms. The van der Waals surface area contributed by atoms with Gasteiger partial charge in [0.2, 0.25) is 5.91 Å². The van der Waals surface area contributed by atoms with Crippen LogP contribution in [0.25, 0.3) is 0 Å². The second kappa shape index (κ2) is 6.83. The lowest BCUT2D eigenvalue weighted by atomic mass is 10.1. The first-order chi connectivity index (χ1) is 11.5. The molecule has 0 bridgehead atoms. The highest BCUT2D eigenvalue weighted by molar-refractivity contribution is 7.18. The number of hydrogen-bond donors (Lipinski definition) is 2. The first-order valence-electron chi connectivity index (χ1n) is 7.62. The third-order valence-electron chi connectivity index (χ3n) is 4.01. The molecule has 1 aromatic heterocycles. The van der Waals surface area contributed by atoms with Crippen molar-refractivity contribution in [3.63, 3.8) is 0 Å². The van der Waals surface area contributed by atoms with Crippen LogP contribution < -0.4 is 5.32 Å². The molecule has 0 radical (unpaired) electrons. The highest BCUT2D eigenvalue weighted by Crippen LogP contribution is 2.28. The van der Waals surface area contributed by atoms with E-state index in [-0.39, 0.29) is 17.6 Å². The third kappa shape index (κ3) is 3.39. The zero-order valence-electron chi connectivity index (χ0n) is 13.1. The van der Waals surface area contributed by atoms with Crippen LogP contribution >= 0.6 is 22.9 Å². The van der Waals surface area contributed by atoms with Crippen LogP contribution in [0.4, 0.5) is 5.69 Å². The number of carbonyl (C=O) groups excluding carboxylic acids is 2. The van der Waals surface area contributed by atoms with Crippen LogP contribution in [0.5, 0.6) is 5.75 Å². The van der Waals surface area contributed by atoms with E-state index >= 15 is 0 Å². The molecule has 5 nitrogen and oxygen atoms in total. The van der Waals surface area contributed by atoms with Crippen LogP contribution in [-0.2, 0) is 4.79 Å². The molecular weight excluding hydrogens is 348 g/mol. The number of benzene rings is 1. The molecule has 0 aliphatic carbocycles. The Labute approximate surface area is 148 Å².